The minimum Gasteiger partial charge on any atom is -0.300 e. The van der Waals surface area contributed by atoms with E-state index in [1.807, 2.05) is 0 Å². The zero-order chi connectivity index (χ0) is 6.97. The van der Waals surface area contributed by atoms with Crippen LogP contribution >= 0.6 is 0 Å². The highest BCUT2D eigenvalue weighted by Crippen LogP contribution is 2.22. The lowest BCUT2D eigenvalue weighted by Gasteiger charge is -2.34. The maximum atomic E-state index is 3.51. The highest BCUT2D eigenvalue weighted by atomic mass is 15.3. The number of rotatable bonds is 0. The van der Waals surface area contributed by atoms with Gasteiger partial charge in [-0.2, -0.15) is 0 Å². The van der Waals surface area contributed by atoms with Gasteiger partial charge >= 0.3 is 0 Å². The second-order valence-electron chi connectivity index (χ2n) is 3.49. The van der Waals surface area contributed by atoms with Gasteiger partial charge in [0.05, 0.1) is 6.17 Å². The Kier molecular flexibility index (Phi) is 1.66. The van der Waals surface area contributed by atoms with Gasteiger partial charge in [-0.3, -0.25) is 4.90 Å². The minimum absolute atomic E-state index is 0.726. The zero-order valence-electron chi connectivity index (χ0n) is 6.64. The average molecular weight is 140 g/mol. The monoisotopic (exact) mass is 140 g/mol. The molecule has 0 unspecified atom stereocenters. The first-order valence-corrected chi connectivity index (χ1v) is 4.37. The summed E-state index contributed by atoms with van der Waals surface area (Å²) in [6.07, 6.45) is 4.90. The van der Waals surface area contributed by atoms with Crippen molar-refractivity contribution in [2.75, 3.05) is 13.1 Å². The SMILES string of the molecule is C[C@H]1CCC[C@H]2NCCN12. The van der Waals surface area contributed by atoms with Gasteiger partial charge in [-0.25, -0.2) is 0 Å². The van der Waals surface area contributed by atoms with Crippen LogP contribution in [0.2, 0.25) is 0 Å². The second-order valence-corrected chi connectivity index (χ2v) is 3.49. The summed E-state index contributed by atoms with van der Waals surface area (Å²) in [5.74, 6) is 0. The molecule has 0 radical (unpaired) electrons. The maximum absolute atomic E-state index is 3.51. The van der Waals surface area contributed by atoms with E-state index in [0.717, 1.165) is 12.2 Å². The highest BCUT2D eigenvalue weighted by Gasteiger charge is 2.30. The van der Waals surface area contributed by atoms with E-state index in [4.69, 9.17) is 0 Å². The molecule has 2 heteroatoms. The fourth-order valence-corrected chi connectivity index (χ4v) is 2.20. The smallest absolute Gasteiger partial charge is 0.0600 e. The molecule has 2 fully saturated rings. The molecule has 0 aromatic carbocycles. The third-order valence-corrected chi connectivity index (χ3v) is 2.82. The van der Waals surface area contributed by atoms with Gasteiger partial charge in [-0.1, -0.05) is 0 Å². The van der Waals surface area contributed by atoms with Crippen molar-refractivity contribution in [3.63, 3.8) is 0 Å². The van der Waals surface area contributed by atoms with Gasteiger partial charge in [-0.15, -0.1) is 0 Å². The topological polar surface area (TPSA) is 15.3 Å². The molecule has 2 rings (SSSR count). The van der Waals surface area contributed by atoms with Crippen LogP contribution in [-0.2, 0) is 0 Å². The highest BCUT2D eigenvalue weighted by molar-refractivity contribution is 4.85. The summed E-state index contributed by atoms with van der Waals surface area (Å²) < 4.78 is 0. The summed E-state index contributed by atoms with van der Waals surface area (Å²) in [4.78, 5) is 2.60. The summed E-state index contributed by atoms with van der Waals surface area (Å²) in [6, 6.07) is 0.828. The van der Waals surface area contributed by atoms with Gasteiger partial charge in [0.1, 0.15) is 0 Å². The van der Waals surface area contributed by atoms with Crippen LogP contribution in [0.1, 0.15) is 26.2 Å². The van der Waals surface area contributed by atoms with E-state index >= 15 is 0 Å². The Bertz CT molecular complexity index is 124. The van der Waals surface area contributed by atoms with Crippen molar-refractivity contribution in [3.05, 3.63) is 0 Å². The van der Waals surface area contributed by atoms with Crippen molar-refractivity contribution in [2.24, 2.45) is 0 Å². The Balaban J connectivity index is 2.03. The molecule has 0 bridgehead atoms. The number of fused-ring (bicyclic) bond motifs is 1. The molecule has 0 saturated carbocycles. The van der Waals surface area contributed by atoms with Crippen LogP contribution in [0.5, 0.6) is 0 Å². The van der Waals surface area contributed by atoms with Gasteiger partial charge in [0, 0.05) is 19.1 Å². The molecule has 2 aliphatic rings. The Morgan fingerprint density at radius 1 is 1.40 bits per heavy atom. The predicted octanol–water partition coefficient (Wildman–Crippen LogP) is 0.790. The number of nitrogens with one attached hydrogen (secondary N) is 1. The normalized spacial score (nSPS) is 41.7. The van der Waals surface area contributed by atoms with Crippen LogP contribution in [-0.4, -0.2) is 30.2 Å². The molecule has 0 aliphatic carbocycles. The molecule has 0 amide bonds. The van der Waals surface area contributed by atoms with Crippen LogP contribution in [0.15, 0.2) is 0 Å². The Labute approximate surface area is 62.6 Å². The third-order valence-electron chi connectivity index (χ3n) is 2.82. The van der Waals surface area contributed by atoms with Gasteiger partial charge in [0.25, 0.3) is 0 Å². The van der Waals surface area contributed by atoms with Crippen molar-refractivity contribution < 1.29 is 0 Å². The first-order valence-electron chi connectivity index (χ1n) is 4.37. The fraction of sp³-hybridized carbons (Fsp3) is 1.00. The van der Waals surface area contributed by atoms with Crippen molar-refractivity contribution in [1.82, 2.24) is 10.2 Å². The van der Waals surface area contributed by atoms with Crippen LogP contribution in [0.25, 0.3) is 0 Å². The predicted molar refractivity (Wildman–Crippen MR) is 41.8 cm³/mol. The van der Waals surface area contributed by atoms with E-state index in [9.17, 15) is 0 Å². The van der Waals surface area contributed by atoms with Crippen molar-refractivity contribution in [1.29, 1.82) is 0 Å². The number of hydrogen-bond acceptors (Lipinski definition) is 2. The molecular formula is C8H16N2. The van der Waals surface area contributed by atoms with E-state index in [-0.39, 0.29) is 0 Å². The van der Waals surface area contributed by atoms with Gasteiger partial charge in [0.15, 0.2) is 0 Å². The number of nitrogens with zero attached hydrogens (tertiary/aromatic N) is 1. The van der Waals surface area contributed by atoms with Crippen LogP contribution in [0, 0.1) is 0 Å². The maximum Gasteiger partial charge on any atom is 0.0600 e. The lowest BCUT2D eigenvalue weighted by atomic mass is 10.0. The minimum atomic E-state index is 0.726. The Morgan fingerprint density at radius 3 is 3.10 bits per heavy atom. The lowest BCUT2D eigenvalue weighted by molar-refractivity contribution is 0.126. The molecule has 2 saturated heterocycles. The zero-order valence-corrected chi connectivity index (χ0v) is 6.64. The molecule has 0 spiro atoms. The average Bonchev–Trinajstić information content (AvgIpc) is 2.36. The van der Waals surface area contributed by atoms with Gasteiger partial charge < -0.3 is 5.32 Å². The van der Waals surface area contributed by atoms with Crippen LogP contribution in [0.3, 0.4) is 0 Å². The quantitative estimate of drug-likeness (QED) is 0.535. The molecule has 10 heavy (non-hydrogen) atoms. The van der Waals surface area contributed by atoms with Crippen molar-refractivity contribution in [3.8, 4) is 0 Å². The molecule has 2 atom stereocenters. The largest absolute Gasteiger partial charge is 0.300 e. The molecule has 1 N–H and O–H groups in total. The second kappa shape index (κ2) is 2.51. The van der Waals surface area contributed by atoms with E-state index in [2.05, 4.69) is 17.1 Å². The van der Waals surface area contributed by atoms with Gasteiger partial charge in [0.2, 0.25) is 0 Å². The summed E-state index contributed by atoms with van der Waals surface area (Å²) in [5.41, 5.74) is 0. The van der Waals surface area contributed by atoms with Crippen LogP contribution in [0.4, 0.5) is 0 Å². The molecular weight excluding hydrogens is 124 g/mol. The molecule has 2 nitrogen and oxygen atoms in total. The van der Waals surface area contributed by atoms with E-state index < -0.39 is 0 Å². The summed E-state index contributed by atoms with van der Waals surface area (Å²) in [6.45, 7) is 4.82. The first-order chi connectivity index (χ1) is 4.88. The van der Waals surface area contributed by atoms with E-state index in [0.29, 0.717) is 0 Å². The van der Waals surface area contributed by atoms with Crippen molar-refractivity contribution in [2.45, 2.75) is 38.4 Å². The number of hydrogen-bond donors (Lipinski definition) is 1. The van der Waals surface area contributed by atoms with Crippen molar-refractivity contribution >= 4 is 0 Å². The van der Waals surface area contributed by atoms with Gasteiger partial charge in [-0.05, 0) is 26.2 Å². The Hall–Kier alpha value is -0.0800. The molecule has 2 aliphatic heterocycles. The molecule has 2 heterocycles. The number of piperidine rings is 1. The third kappa shape index (κ3) is 0.956. The molecule has 58 valence electrons. The first kappa shape index (κ1) is 6.62. The Morgan fingerprint density at radius 2 is 2.30 bits per heavy atom. The standard InChI is InChI=1S/C8H16N2/c1-7-3-2-4-8-9-5-6-10(7)8/h7-9H,2-6H2,1H3/t7-,8-/m0/s1. The van der Waals surface area contributed by atoms with Crippen LogP contribution < -0.4 is 5.32 Å². The molecule has 0 aromatic heterocycles. The summed E-state index contributed by atoms with van der Waals surface area (Å²) in [7, 11) is 0. The fourth-order valence-electron chi connectivity index (χ4n) is 2.20. The summed E-state index contributed by atoms with van der Waals surface area (Å²) in [5, 5.41) is 3.51. The van der Waals surface area contributed by atoms with E-state index in [1.54, 1.807) is 0 Å². The lowest BCUT2D eigenvalue weighted by Crippen LogP contribution is -2.44. The van der Waals surface area contributed by atoms with E-state index in [1.165, 1.54) is 32.4 Å². The molecule has 0 aromatic rings. The summed E-state index contributed by atoms with van der Waals surface area (Å²) >= 11 is 0.